The van der Waals surface area contributed by atoms with Gasteiger partial charge in [0.05, 0.1) is 9.21 Å². The number of fused-ring (bicyclic) bond motifs is 1. The van der Waals surface area contributed by atoms with E-state index in [2.05, 4.69) is 5.32 Å². The molecule has 0 fully saturated rings. The van der Waals surface area contributed by atoms with E-state index >= 15 is 0 Å². The minimum absolute atomic E-state index is 0.129. The number of alkyl halides is 3. The summed E-state index contributed by atoms with van der Waals surface area (Å²) in [5.74, 6) is -0.383. The second kappa shape index (κ2) is 6.55. The van der Waals surface area contributed by atoms with Crippen LogP contribution in [0, 0.1) is 0 Å². The summed E-state index contributed by atoms with van der Waals surface area (Å²) in [5, 5.41) is 3.00. The average molecular weight is 395 g/mol. The number of amides is 1. The zero-order valence-electron chi connectivity index (χ0n) is 12.1. The van der Waals surface area contributed by atoms with Crippen molar-refractivity contribution in [2.75, 3.05) is 11.9 Å². The van der Waals surface area contributed by atoms with Crippen molar-refractivity contribution in [3.05, 3.63) is 49.6 Å². The van der Waals surface area contributed by atoms with E-state index in [-0.39, 0.29) is 25.4 Å². The van der Waals surface area contributed by atoms with Gasteiger partial charge >= 0.3 is 6.30 Å². The van der Waals surface area contributed by atoms with Gasteiger partial charge in [-0.2, -0.15) is 13.2 Å². The standard InChI is InChI=1S/C15H11Cl2F3N2OS/c16-11-6-9(21-14(23)12-1-2-13(17)24-12)5-8-7-22(15(18,19)20)4-3-10(8)11/h1-2,5-6H,3-4,7H2,(H,21,23). The van der Waals surface area contributed by atoms with E-state index in [1.165, 1.54) is 6.07 Å². The van der Waals surface area contributed by atoms with Gasteiger partial charge in [-0.05, 0) is 41.8 Å². The molecule has 3 nitrogen and oxygen atoms in total. The molecule has 2 aromatic rings. The number of benzene rings is 1. The average Bonchev–Trinajstić information content (AvgIpc) is 2.92. The molecule has 3 rings (SSSR count). The molecule has 0 spiro atoms. The number of carbonyl (C=O) groups is 1. The summed E-state index contributed by atoms with van der Waals surface area (Å²) in [6, 6.07) is 6.26. The topological polar surface area (TPSA) is 32.3 Å². The van der Waals surface area contributed by atoms with Crippen LogP contribution in [0.15, 0.2) is 24.3 Å². The predicted molar refractivity (Wildman–Crippen MR) is 88.9 cm³/mol. The molecule has 1 aliphatic rings. The minimum Gasteiger partial charge on any atom is -0.321 e. The molecule has 24 heavy (non-hydrogen) atoms. The first-order valence-corrected chi connectivity index (χ1v) is 8.51. The predicted octanol–water partition coefficient (Wildman–Crippen LogP) is 5.19. The van der Waals surface area contributed by atoms with Crippen LogP contribution in [0.1, 0.15) is 20.8 Å². The van der Waals surface area contributed by atoms with E-state index in [9.17, 15) is 18.0 Å². The van der Waals surface area contributed by atoms with Crippen LogP contribution in [-0.2, 0) is 13.0 Å². The van der Waals surface area contributed by atoms with Crippen LogP contribution in [0.3, 0.4) is 0 Å². The Morgan fingerprint density at radius 2 is 2.00 bits per heavy atom. The zero-order chi connectivity index (χ0) is 17.5. The first-order chi connectivity index (χ1) is 11.2. The van der Waals surface area contributed by atoms with Crippen molar-refractivity contribution in [2.45, 2.75) is 19.3 Å². The molecule has 0 saturated carbocycles. The Hall–Kier alpha value is -1.28. The van der Waals surface area contributed by atoms with Gasteiger partial charge in [-0.25, -0.2) is 4.90 Å². The van der Waals surface area contributed by atoms with Crippen LogP contribution >= 0.6 is 34.5 Å². The summed E-state index contributed by atoms with van der Waals surface area (Å²) in [6.07, 6.45) is -4.18. The van der Waals surface area contributed by atoms with Gasteiger partial charge in [0.15, 0.2) is 0 Å². The number of hydrogen-bond acceptors (Lipinski definition) is 3. The quantitative estimate of drug-likeness (QED) is 0.711. The van der Waals surface area contributed by atoms with E-state index in [0.29, 0.717) is 36.0 Å². The Balaban J connectivity index is 1.84. The van der Waals surface area contributed by atoms with Gasteiger partial charge in [-0.3, -0.25) is 4.79 Å². The summed E-state index contributed by atoms with van der Waals surface area (Å²) in [6.45, 7) is -0.414. The van der Waals surface area contributed by atoms with Crippen molar-refractivity contribution in [3.63, 3.8) is 0 Å². The highest BCUT2D eigenvalue weighted by Gasteiger charge is 2.39. The summed E-state index contributed by atoms with van der Waals surface area (Å²) in [5.41, 5.74) is 1.51. The van der Waals surface area contributed by atoms with Crippen molar-refractivity contribution < 1.29 is 18.0 Å². The minimum atomic E-state index is -4.39. The lowest BCUT2D eigenvalue weighted by Crippen LogP contribution is -2.41. The number of rotatable bonds is 2. The zero-order valence-corrected chi connectivity index (χ0v) is 14.4. The summed E-state index contributed by atoms with van der Waals surface area (Å²) < 4.78 is 39.1. The first-order valence-electron chi connectivity index (χ1n) is 6.94. The molecule has 0 radical (unpaired) electrons. The molecule has 1 amide bonds. The molecule has 0 unspecified atom stereocenters. The highest BCUT2D eigenvalue weighted by atomic mass is 35.5. The van der Waals surface area contributed by atoms with Crippen molar-refractivity contribution in [1.82, 2.24) is 4.90 Å². The molecular formula is C15H11Cl2F3N2OS. The van der Waals surface area contributed by atoms with Crippen LogP contribution in [0.25, 0.3) is 0 Å². The number of nitrogens with zero attached hydrogens (tertiary/aromatic N) is 1. The molecule has 0 atom stereocenters. The fourth-order valence-electron chi connectivity index (χ4n) is 2.56. The van der Waals surface area contributed by atoms with Crippen molar-refractivity contribution in [1.29, 1.82) is 0 Å². The fourth-order valence-corrected chi connectivity index (χ4v) is 3.84. The summed E-state index contributed by atoms with van der Waals surface area (Å²) in [7, 11) is 0. The lowest BCUT2D eigenvalue weighted by molar-refractivity contribution is -0.250. The lowest BCUT2D eigenvalue weighted by atomic mass is 9.99. The Morgan fingerprint density at radius 1 is 1.25 bits per heavy atom. The van der Waals surface area contributed by atoms with E-state index in [4.69, 9.17) is 23.2 Å². The smallest absolute Gasteiger partial charge is 0.321 e. The van der Waals surface area contributed by atoms with Gasteiger partial charge in [0, 0.05) is 23.8 Å². The first kappa shape index (κ1) is 17.5. The number of thiophene rings is 1. The third kappa shape index (κ3) is 3.69. The maximum Gasteiger partial charge on any atom is 0.460 e. The van der Waals surface area contributed by atoms with Gasteiger partial charge in [-0.15, -0.1) is 11.3 Å². The van der Waals surface area contributed by atoms with Crippen LogP contribution in [-0.4, -0.2) is 23.7 Å². The SMILES string of the molecule is O=C(Nc1cc(Cl)c2c(c1)CN(C(F)(F)F)CC2)c1ccc(Cl)s1. The highest BCUT2D eigenvalue weighted by molar-refractivity contribution is 7.18. The number of halogens is 5. The van der Waals surface area contributed by atoms with E-state index in [1.807, 2.05) is 0 Å². The van der Waals surface area contributed by atoms with E-state index in [1.54, 1.807) is 18.2 Å². The summed E-state index contributed by atoms with van der Waals surface area (Å²) >= 11 is 13.1. The van der Waals surface area contributed by atoms with E-state index in [0.717, 1.165) is 11.3 Å². The van der Waals surface area contributed by atoms with Crippen LogP contribution in [0.2, 0.25) is 9.36 Å². The van der Waals surface area contributed by atoms with Gasteiger partial charge in [0.1, 0.15) is 0 Å². The second-order valence-corrected chi connectivity index (χ2v) is 7.42. The Bertz CT molecular complexity index is 792. The third-order valence-corrected chi connectivity index (χ3v) is 5.26. The molecule has 128 valence electrons. The second-order valence-electron chi connectivity index (χ2n) is 5.29. The molecule has 0 aliphatic carbocycles. The molecular weight excluding hydrogens is 384 g/mol. The maximum absolute atomic E-state index is 12.9. The van der Waals surface area contributed by atoms with Crippen molar-refractivity contribution >= 4 is 46.1 Å². The van der Waals surface area contributed by atoms with Crippen LogP contribution < -0.4 is 5.32 Å². The summed E-state index contributed by atoms with van der Waals surface area (Å²) in [4.78, 5) is 13.0. The van der Waals surface area contributed by atoms with Crippen LogP contribution in [0.4, 0.5) is 18.9 Å². The van der Waals surface area contributed by atoms with Crippen LogP contribution in [0.5, 0.6) is 0 Å². The maximum atomic E-state index is 12.9. The molecule has 0 bridgehead atoms. The monoisotopic (exact) mass is 394 g/mol. The number of anilines is 1. The van der Waals surface area contributed by atoms with E-state index < -0.39 is 6.30 Å². The largest absolute Gasteiger partial charge is 0.460 e. The van der Waals surface area contributed by atoms with Gasteiger partial charge in [-0.1, -0.05) is 23.2 Å². The normalized spacial score (nSPS) is 15.2. The number of nitrogens with one attached hydrogen (secondary N) is 1. The Kier molecular flexibility index (Phi) is 4.79. The van der Waals surface area contributed by atoms with Gasteiger partial charge < -0.3 is 5.32 Å². The fraction of sp³-hybridized carbons (Fsp3) is 0.267. The number of hydrogen-bond donors (Lipinski definition) is 1. The third-order valence-electron chi connectivity index (χ3n) is 3.69. The van der Waals surface area contributed by atoms with Gasteiger partial charge in [0.25, 0.3) is 5.91 Å². The van der Waals surface area contributed by atoms with Crippen molar-refractivity contribution in [2.24, 2.45) is 0 Å². The highest BCUT2D eigenvalue weighted by Crippen LogP contribution is 2.34. The Labute approximate surface area is 150 Å². The molecule has 1 aliphatic heterocycles. The van der Waals surface area contributed by atoms with Gasteiger partial charge in [0.2, 0.25) is 0 Å². The molecule has 1 aromatic heterocycles. The lowest BCUT2D eigenvalue weighted by Gasteiger charge is -2.31. The Morgan fingerprint density at radius 3 is 2.62 bits per heavy atom. The molecule has 1 aromatic carbocycles. The van der Waals surface area contributed by atoms with Crippen molar-refractivity contribution in [3.8, 4) is 0 Å². The molecule has 0 saturated heterocycles. The molecule has 2 heterocycles. The molecule has 9 heteroatoms. The number of carbonyl (C=O) groups excluding carboxylic acids is 1. The molecule has 1 N–H and O–H groups in total.